The molecule has 0 spiro atoms. The van der Waals surface area contributed by atoms with Gasteiger partial charge in [0, 0.05) is 11.3 Å². The Bertz CT molecular complexity index is 1490. The topological polar surface area (TPSA) is 80.0 Å². The summed E-state index contributed by atoms with van der Waals surface area (Å²) < 4.78 is 11.5. The van der Waals surface area contributed by atoms with Crippen molar-refractivity contribution in [3.8, 4) is 11.5 Å². The fourth-order valence-corrected chi connectivity index (χ4v) is 5.15. The first-order chi connectivity index (χ1) is 18.1. The third kappa shape index (κ3) is 4.20. The van der Waals surface area contributed by atoms with Gasteiger partial charge in [-0.1, -0.05) is 30.3 Å². The van der Waals surface area contributed by atoms with Gasteiger partial charge in [0.05, 0.1) is 11.8 Å². The van der Waals surface area contributed by atoms with Gasteiger partial charge in [-0.05, 0) is 91.4 Å². The first kappa shape index (κ1) is 22.9. The van der Waals surface area contributed by atoms with Crippen LogP contribution in [0.25, 0.3) is 5.76 Å². The molecule has 1 N–H and O–H groups in total. The van der Waals surface area contributed by atoms with Crippen LogP contribution in [-0.2, 0) is 22.4 Å². The summed E-state index contributed by atoms with van der Waals surface area (Å²) in [7, 11) is 0. The summed E-state index contributed by atoms with van der Waals surface area (Å²) in [4.78, 5) is 28.0. The van der Waals surface area contributed by atoms with E-state index in [1.807, 2.05) is 48.5 Å². The van der Waals surface area contributed by atoms with Gasteiger partial charge in [0.15, 0.2) is 0 Å². The number of aliphatic hydroxyl groups excluding tert-OH is 1. The van der Waals surface area contributed by atoms with Crippen molar-refractivity contribution in [2.75, 3.05) is 4.90 Å². The molecule has 1 atom stereocenters. The van der Waals surface area contributed by atoms with Crippen molar-refractivity contribution in [3.05, 3.63) is 119 Å². The van der Waals surface area contributed by atoms with Crippen LogP contribution >= 0.6 is 0 Å². The lowest BCUT2D eigenvalue weighted by Gasteiger charge is -2.23. The maximum atomic E-state index is 13.3. The number of rotatable bonds is 5. The number of carbonyl (C=O) groups is 2. The summed E-state index contributed by atoms with van der Waals surface area (Å²) in [6.07, 6.45) is 5.68. The number of benzene rings is 3. The molecule has 1 aliphatic carbocycles. The molecule has 2 heterocycles. The second kappa shape index (κ2) is 9.47. The number of para-hydroxylation sites is 1. The van der Waals surface area contributed by atoms with E-state index in [1.54, 1.807) is 36.4 Å². The summed E-state index contributed by atoms with van der Waals surface area (Å²) in [5, 5.41) is 11.4. The number of aliphatic hydroxyl groups is 1. The van der Waals surface area contributed by atoms with Crippen molar-refractivity contribution in [3.63, 3.8) is 0 Å². The maximum absolute atomic E-state index is 13.3. The molecule has 1 fully saturated rings. The normalized spacial score (nSPS) is 18.6. The van der Waals surface area contributed by atoms with E-state index in [9.17, 15) is 14.7 Å². The minimum absolute atomic E-state index is 0.0142. The van der Waals surface area contributed by atoms with Gasteiger partial charge in [0.2, 0.25) is 0 Å². The number of amides is 1. The Morgan fingerprint density at radius 2 is 1.57 bits per heavy atom. The first-order valence-electron chi connectivity index (χ1n) is 12.4. The van der Waals surface area contributed by atoms with E-state index in [4.69, 9.17) is 9.15 Å². The lowest BCUT2D eigenvalue weighted by molar-refractivity contribution is -0.132. The fourth-order valence-electron chi connectivity index (χ4n) is 5.15. The minimum atomic E-state index is -0.896. The van der Waals surface area contributed by atoms with Gasteiger partial charge in [-0.25, -0.2) is 0 Å². The number of anilines is 1. The van der Waals surface area contributed by atoms with Crippen LogP contribution in [0.1, 0.15) is 41.3 Å². The Balaban J connectivity index is 1.39. The van der Waals surface area contributed by atoms with Crippen LogP contribution < -0.4 is 9.64 Å². The van der Waals surface area contributed by atoms with Crippen LogP contribution in [0.2, 0.25) is 0 Å². The van der Waals surface area contributed by atoms with Crippen molar-refractivity contribution in [1.82, 2.24) is 0 Å². The second-order valence-corrected chi connectivity index (χ2v) is 9.28. The van der Waals surface area contributed by atoms with Crippen LogP contribution in [0.3, 0.4) is 0 Å². The van der Waals surface area contributed by atoms with Crippen molar-refractivity contribution < 1.29 is 23.8 Å². The standard InChI is InChI=1S/C31H25NO5/c33-29(22-13-12-20-7-4-5-8-21(20)19-22)27-28(26-11-6-18-36-26)32(31(35)30(27)34)23-14-16-25(17-15-23)37-24-9-2-1-3-10-24/h1-3,6,9-19,28,33H,4-5,7-8H2/b29-27-. The van der Waals surface area contributed by atoms with Crippen LogP contribution in [0.5, 0.6) is 11.5 Å². The van der Waals surface area contributed by atoms with Gasteiger partial charge in [0.1, 0.15) is 29.1 Å². The number of hydrogen-bond donors (Lipinski definition) is 1. The van der Waals surface area contributed by atoms with E-state index < -0.39 is 17.7 Å². The molecule has 6 heteroatoms. The molecule has 37 heavy (non-hydrogen) atoms. The molecule has 0 saturated carbocycles. The molecule has 3 aromatic carbocycles. The predicted molar refractivity (Wildman–Crippen MR) is 140 cm³/mol. The van der Waals surface area contributed by atoms with E-state index in [-0.39, 0.29) is 11.3 Å². The molecule has 2 aliphatic rings. The molecule has 4 aromatic rings. The van der Waals surface area contributed by atoms with Gasteiger partial charge in [0.25, 0.3) is 11.7 Å². The second-order valence-electron chi connectivity index (χ2n) is 9.28. The van der Waals surface area contributed by atoms with E-state index >= 15 is 0 Å². The lowest BCUT2D eigenvalue weighted by atomic mass is 9.89. The molecular weight excluding hydrogens is 466 g/mol. The third-order valence-corrected chi connectivity index (χ3v) is 6.97. The highest BCUT2D eigenvalue weighted by Crippen LogP contribution is 2.43. The van der Waals surface area contributed by atoms with Crippen molar-refractivity contribution >= 4 is 23.1 Å². The number of fused-ring (bicyclic) bond motifs is 1. The molecule has 1 amide bonds. The van der Waals surface area contributed by atoms with Gasteiger partial charge in [-0.2, -0.15) is 0 Å². The molecule has 0 radical (unpaired) electrons. The summed E-state index contributed by atoms with van der Waals surface area (Å²) in [5.74, 6) is 0.00770. The number of Topliss-reactive ketones (excluding diaryl/α,β-unsaturated/α-hetero) is 1. The van der Waals surface area contributed by atoms with Gasteiger partial charge >= 0.3 is 0 Å². The molecule has 6 nitrogen and oxygen atoms in total. The molecule has 0 bridgehead atoms. The maximum Gasteiger partial charge on any atom is 0.300 e. The Labute approximate surface area is 214 Å². The Hall–Kier alpha value is -4.58. The minimum Gasteiger partial charge on any atom is -0.507 e. The third-order valence-electron chi connectivity index (χ3n) is 6.97. The van der Waals surface area contributed by atoms with Crippen molar-refractivity contribution in [2.45, 2.75) is 31.7 Å². The number of furan rings is 1. The number of ether oxygens (including phenoxy) is 1. The van der Waals surface area contributed by atoms with E-state index in [2.05, 4.69) is 0 Å². The Morgan fingerprint density at radius 3 is 2.30 bits per heavy atom. The van der Waals surface area contributed by atoms with E-state index in [1.165, 1.54) is 22.3 Å². The number of carbonyl (C=O) groups excluding carboxylic acids is 2. The summed E-state index contributed by atoms with van der Waals surface area (Å²) >= 11 is 0. The summed E-state index contributed by atoms with van der Waals surface area (Å²) in [6, 6.07) is 24.6. The van der Waals surface area contributed by atoms with E-state index in [0.29, 0.717) is 28.5 Å². The SMILES string of the molecule is O=C1C(=O)N(c2ccc(Oc3ccccc3)cc2)C(c2ccco2)/C1=C(/O)c1ccc2c(c1)CCCC2. The van der Waals surface area contributed by atoms with Gasteiger partial charge in [-0.15, -0.1) is 0 Å². The van der Waals surface area contributed by atoms with E-state index in [0.717, 1.165) is 25.7 Å². The average Bonchev–Trinajstić information content (AvgIpc) is 3.56. The van der Waals surface area contributed by atoms with Gasteiger partial charge < -0.3 is 14.3 Å². The highest BCUT2D eigenvalue weighted by Gasteiger charge is 2.48. The zero-order valence-corrected chi connectivity index (χ0v) is 20.1. The van der Waals surface area contributed by atoms with Crippen molar-refractivity contribution in [1.29, 1.82) is 0 Å². The van der Waals surface area contributed by atoms with Crippen LogP contribution in [0, 0.1) is 0 Å². The lowest BCUT2D eigenvalue weighted by Crippen LogP contribution is -2.29. The Kier molecular flexibility index (Phi) is 5.85. The summed E-state index contributed by atoms with van der Waals surface area (Å²) in [6.45, 7) is 0. The average molecular weight is 492 g/mol. The molecule has 1 saturated heterocycles. The number of nitrogens with zero attached hydrogens (tertiary/aromatic N) is 1. The molecule has 184 valence electrons. The fraction of sp³-hybridized carbons (Fsp3) is 0.161. The largest absolute Gasteiger partial charge is 0.507 e. The molecule has 1 unspecified atom stereocenters. The molecule has 1 aromatic heterocycles. The van der Waals surface area contributed by atoms with Crippen molar-refractivity contribution in [2.24, 2.45) is 0 Å². The number of aryl methyl sites for hydroxylation is 2. The van der Waals surface area contributed by atoms with Crippen LogP contribution in [-0.4, -0.2) is 16.8 Å². The predicted octanol–water partition coefficient (Wildman–Crippen LogP) is 6.58. The highest BCUT2D eigenvalue weighted by atomic mass is 16.5. The zero-order chi connectivity index (χ0) is 25.4. The number of ketones is 1. The summed E-state index contributed by atoms with van der Waals surface area (Å²) in [5.41, 5.74) is 3.48. The smallest absolute Gasteiger partial charge is 0.300 e. The number of hydrogen-bond acceptors (Lipinski definition) is 5. The monoisotopic (exact) mass is 491 g/mol. The van der Waals surface area contributed by atoms with Gasteiger partial charge in [-0.3, -0.25) is 14.5 Å². The van der Waals surface area contributed by atoms with Crippen LogP contribution in [0.15, 0.2) is 101 Å². The quantitative estimate of drug-likeness (QED) is 0.194. The highest BCUT2D eigenvalue weighted by molar-refractivity contribution is 6.51. The first-order valence-corrected chi connectivity index (χ1v) is 12.4. The van der Waals surface area contributed by atoms with Crippen LogP contribution in [0.4, 0.5) is 5.69 Å². The molecule has 6 rings (SSSR count). The molecule has 1 aliphatic heterocycles. The zero-order valence-electron chi connectivity index (χ0n) is 20.1. The Morgan fingerprint density at radius 1 is 0.838 bits per heavy atom. The molecular formula is C31H25NO5.